The third-order valence-electron chi connectivity index (χ3n) is 4.71. The quantitative estimate of drug-likeness (QED) is 0.539. The molecule has 154 valence electrons. The van der Waals surface area contributed by atoms with Crippen molar-refractivity contribution in [3.8, 4) is 16.9 Å². The topological polar surface area (TPSA) is 91.5 Å². The minimum atomic E-state index is -0.425. The van der Waals surface area contributed by atoms with Gasteiger partial charge in [-0.1, -0.05) is 62.4 Å². The second-order valence-electron chi connectivity index (χ2n) is 7.59. The van der Waals surface area contributed by atoms with E-state index < -0.39 is 5.91 Å². The van der Waals surface area contributed by atoms with Crippen LogP contribution in [0.2, 0.25) is 0 Å². The number of carbonyl (C=O) groups excluding carboxylic acids is 2. The Morgan fingerprint density at radius 2 is 1.76 bits per heavy atom. The highest BCUT2D eigenvalue weighted by molar-refractivity contribution is 5.86. The van der Waals surface area contributed by atoms with Gasteiger partial charge in [0.1, 0.15) is 11.8 Å². The molecule has 1 fully saturated rings. The molecule has 2 atom stereocenters. The van der Waals surface area contributed by atoms with Crippen LogP contribution in [0.5, 0.6) is 5.75 Å². The Balaban J connectivity index is 1.46. The molecule has 1 aliphatic heterocycles. The highest BCUT2D eigenvalue weighted by Gasteiger charge is 2.29. The first-order valence-electron chi connectivity index (χ1n) is 9.90. The van der Waals surface area contributed by atoms with Gasteiger partial charge in [0.15, 0.2) is 6.61 Å². The molecule has 2 unspecified atom stereocenters. The third kappa shape index (κ3) is 6.04. The van der Waals surface area contributed by atoms with Crippen LogP contribution in [0.15, 0.2) is 54.6 Å². The Bertz CT molecular complexity index is 826. The van der Waals surface area contributed by atoms with Gasteiger partial charge in [0.25, 0.3) is 11.8 Å². The maximum atomic E-state index is 12.2. The summed E-state index contributed by atoms with van der Waals surface area (Å²) in [6.07, 6.45) is 1.67. The smallest absolute Gasteiger partial charge is 0.276 e. The van der Waals surface area contributed by atoms with Crippen molar-refractivity contribution in [1.82, 2.24) is 21.7 Å². The fourth-order valence-electron chi connectivity index (χ4n) is 3.36. The fourth-order valence-corrected chi connectivity index (χ4v) is 3.36. The van der Waals surface area contributed by atoms with E-state index in [-0.39, 0.29) is 24.6 Å². The minimum Gasteiger partial charge on any atom is -0.483 e. The molecule has 0 saturated carbocycles. The molecule has 3 rings (SSSR count). The van der Waals surface area contributed by atoms with Crippen LogP contribution in [-0.4, -0.2) is 30.5 Å². The lowest BCUT2D eigenvalue weighted by molar-refractivity contribution is -0.130. The van der Waals surface area contributed by atoms with Crippen molar-refractivity contribution < 1.29 is 14.3 Å². The zero-order valence-corrected chi connectivity index (χ0v) is 16.8. The number of carbonyl (C=O) groups is 2. The summed E-state index contributed by atoms with van der Waals surface area (Å²) < 4.78 is 5.68. The van der Waals surface area contributed by atoms with Crippen molar-refractivity contribution in [2.75, 3.05) is 6.61 Å². The molecule has 0 aromatic heterocycles. The van der Waals surface area contributed by atoms with Crippen LogP contribution in [-0.2, 0) is 9.59 Å². The largest absolute Gasteiger partial charge is 0.483 e. The number of rotatable bonds is 7. The van der Waals surface area contributed by atoms with Gasteiger partial charge >= 0.3 is 0 Å². The van der Waals surface area contributed by atoms with E-state index in [0.717, 1.165) is 17.5 Å². The molecule has 1 aliphatic rings. The Morgan fingerprint density at radius 1 is 1.03 bits per heavy atom. The van der Waals surface area contributed by atoms with Gasteiger partial charge in [0, 0.05) is 11.6 Å². The molecule has 29 heavy (non-hydrogen) atoms. The Hall–Kier alpha value is -2.90. The first-order chi connectivity index (χ1) is 14.0. The van der Waals surface area contributed by atoms with Crippen LogP contribution < -0.4 is 26.4 Å². The van der Waals surface area contributed by atoms with Crippen LogP contribution in [0.1, 0.15) is 26.7 Å². The molecule has 0 spiro atoms. The molecule has 7 nitrogen and oxygen atoms in total. The van der Waals surface area contributed by atoms with Gasteiger partial charge in [-0.15, -0.1) is 0 Å². The summed E-state index contributed by atoms with van der Waals surface area (Å²) in [6.45, 7) is 4.09. The number of amides is 2. The van der Waals surface area contributed by atoms with Gasteiger partial charge in [-0.25, -0.2) is 5.43 Å². The van der Waals surface area contributed by atoms with Crippen molar-refractivity contribution in [3.63, 3.8) is 0 Å². The maximum Gasteiger partial charge on any atom is 0.276 e. The summed E-state index contributed by atoms with van der Waals surface area (Å²) in [5, 5.41) is 0. The van der Waals surface area contributed by atoms with Crippen LogP contribution in [0.3, 0.4) is 0 Å². The standard InChI is InChI=1S/C22H28N4O3/c1-15(2)12-17-13-19(24-23-17)22(28)26-25-21(27)14-29-20-11-7-6-10-18(20)16-8-4-3-5-9-16/h3-11,15,17,19,23-24H,12-14H2,1-2H3,(H,25,27)(H,26,28). The summed E-state index contributed by atoms with van der Waals surface area (Å²) in [4.78, 5) is 24.3. The lowest BCUT2D eigenvalue weighted by Crippen LogP contribution is -2.51. The fraction of sp³-hybridized carbons (Fsp3) is 0.364. The lowest BCUT2D eigenvalue weighted by atomic mass is 10.00. The second-order valence-corrected chi connectivity index (χ2v) is 7.59. The van der Waals surface area contributed by atoms with E-state index in [2.05, 4.69) is 35.6 Å². The number of hydrogen-bond donors (Lipinski definition) is 4. The summed E-state index contributed by atoms with van der Waals surface area (Å²) in [5.41, 5.74) is 12.9. The van der Waals surface area contributed by atoms with E-state index in [1.807, 2.05) is 54.6 Å². The molecular formula is C22H28N4O3. The van der Waals surface area contributed by atoms with Gasteiger partial charge in [0.2, 0.25) is 0 Å². The third-order valence-corrected chi connectivity index (χ3v) is 4.71. The summed E-state index contributed by atoms with van der Waals surface area (Å²) in [5.74, 6) is 0.456. The van der Waals surface area contributed by atoms with Gasteiger partial charge in [-0.3, -0.25) is 25.9 Å². The highest BCUT2D eigenvalue weighted by Crippen LogP contribution is 2.29. The van der Waals surface area contributed by atoms with Crippen molar-refractivity contribution in [3.05, 3.63) is 54.6 Å². The Morgan fingerprint density at radius 3 is 2.52 bits per heavy atom. The summed E-state index contributed by atoms with van der Waals surface area (Å²) in [6, 6.07) is 17.2. The molecular weight excluding hydrogens is 368 g/mol. The molecule has 1 heterocycles. The Kier molecular flexibility index (Phi) is 7.21. The number of ether oxygens (including phenoxy) is 1. The molecule has 4 N–H and O–H groups in total. The number of para-hydroxylation sites is 1. The summed E-state index contributed by atoms with van der Waals surface area (Å²) >= 11 is 0. The maximum absolute atomic E-state index is 12.2. The second kappa shape index (κ2) is 10.0. The lowest BCUT2D eigenvalue weighted by Gasteiger charge is -2.14. The van der Waals surface area contributed by atoms with Gasteiger partial charge in [-0.05, 0) is 30.4 Å². The zero-order valence-electron chi connectivity index (χ0n) is 16.8. The monoisotopic (exact) mass is 396 g/mol. The number of nitrogens with one attached hydrogen (secondary N) is 4. The normalized spacial score (nSPS) is 18.4. The molecule has 7 heteroatoms. The van der Waals surface area contributed by atoms with Crippen LogP contribution in [0.4, 0.5) is 0 Å². The van der Waals surface area contributed by atoms with E-state index >= 15 is 0 Å². The van der Waals surface area contributed by atoms with E-state index in [1.165, 1.54) is 0 Å². The Labute approximate surface area is 171 Å². The SMILES string of the molecule is CC(C)CC1CC(C(=O)NNC(=O)COc2ccccc2-c2ccccc2)NN1. The van der Waals surface area contributed by atoms with Gasteiger partial charge < -0.3 is 4.74 Å². The average Bonchev–Trinajstić information content (AvgIpc) is 3.19. The molecule has 2 aromatic rings. The predicted molar refractivity (Wildman–Crippen MR) is 112 cm³/mol. The first-order valence-corrected chi connectivity index (χ1v) is 9.90. The highest BCUT2D eigenvalue weighted by atomic mass is 16.5. The van der Waals surface area contributed by atoms with E-state index in [1.54, 1.807) is 0 Å². The summed E-state index contributed by atoms with van der Waals surface area (Å²) in [7, 11) is 0. The van der Waals surface area contributed by atoms with E-state index in [4.69, 9.17) is 4.74 Å². The molecule has 0 aliphatic carbocycles. The van der Waals surface area contributed by atoms with Gasteiger partial charge in [-0.2, -0.15) is 0 Å². The molecule has 2 amide bonds. The number of benzene rings is 2. The van der Waals surface area contributed by atoms with Crippen molar-refractivity contribution in [1.29, 1.82) is 0 Å². The van der Waals surface area contributed by atoms with Gasteiger partial charge in [0.05, 0.1) is 0 Å². The van der Waals surface area contributed by atoms with Crippen molar-refractivity contribution >= 4 is 11.8 Å². The molecule has 0 radical (unpaired) electrons. The van der Waals surface area contributed by atoms with Crippen LogP contribution in [0, 0.1) is 5.92 Å². The van der Waals surface area contributed by atoms with Crippen molar-refractivity contribution in [2.24, 2.45) is 5.92 Å². The number of hydrogen-bond acceptors (Lipinski definition) is 5. The zero-order chi connectivity index (χ0) is 20.6. The van der Waals surface area contributed by atoms with Crippen molar-refractivity contribution in [2.45, 2.75) is 38.8 Å². The van der Waals surface area contributed by atoms with E-state index in [0.29, 0.717) is 18.1 Å². The molecule has 0 bridgehead atoms. The molecule has 1 saturated heterocycles. The average molecular weight is 396 g/mol. The number of hydrazine groups is 2. The minimum absolute atomic E-state index is 0.198. The first kappa shape index (κ1) is 20.8. The predicted octanol–water partition coefficient (Wildman–Crippen LogP) is 2.16. The van der Waals surface area contributed by atoms with Crippen LogP contribution in [0.25, 0.3) is 11.1 Å². The van der Waals surface area contributed by atoms with Crippen LogP contribution >= 0.6 is 0 Å². The van der Waals surface area contributed by atoms with E-state index in [9.17, 15) is 9.59 Å². The molecule has 2 aromatic carbocycles.